The lowest BCUT2D eigenvalue weighted by atomic mass is 10.0. The number of aryl methyl sites for hydroxylation is 3. The highest BCUT2D eigenvalue weighted by atomic mass is 16.1. The molecule has 0 atom stereocenters. The van der Waals surface area contributed by atoms with Crippen molar-refractivity contribution in [1.29, 1.82) is 0 Å². The largest absolute Gasteiger partial charge is 0.350 e. The van der Waals surface area contributed by atoms with Crippen LogP contribution in [0.2, 0.25) is 0 Å². The number of rotatable bonds is 2. The minimum Gasteiger partial charge on any atom is -0.350 e. The van der Waals surface area contributed by atoms with Crippen molar-refractivity contribution in [2.45, 2.75) is 40.7 Å². The van der Waals surface area contributed by atoms with Crippen molar-refractivity contribution in [2.24, 2.45) is 0 Å². The van der Waals surface area contributed by atoms with Crippen molar-refractivity contribution in [3.8, 4) is 0 Å². The number of amides is 1. The molecule has 0 heterocycles. The first-order chi connectivity index (χ1) is 6.91. The summed E-state index contributed by atoms with van der Waals surface area (Å²) in [6.07, 6.45) is 0. The SMILES string of the molecule is Cc1cc(C)c(C(=O)NC(C)C)cc1C. The molecule has 0 aromatic heterocycles. The second-order valence-corrected chi connectivity index (χ2v) is 4.38. The van der Waals surface area contributed by atoms with E-state index in [1.807, 2.05) is 33.8 Å². The van der Waals surface area contributed by atoms with E-state index in [0.29, 0.717) is 0 Å². The van der Waals surface area contributed by atoms with Crippen LogP contribution >= 0.6 is 0 Å². The third-order valence-electron chi connectivity index (χ3n) is 2.51. The molecule has 82 valence electrons. The standard InChI is InChI=1S/C13H19NO/c1-8(2)14-13(15)12-7-10(4)9(3)6-11(12)5/h6-8H,1-5H3,(H,14,15). The molecular weight excluding hydrogens is 186 g/mol. The number of hydrogen-bond acceptors (Lipinski definition) is 1. The summed E-state index contributed by atoms with van der Waals surface area (Å²) < 4.78 is 0. The van der Waals surface area contributed by atoms with Crippen molar-refractivity contribution in [1.82, 2.24) is 5.32 Å². The van der Waals surface area contributed by atoms with Gasteiger partial charge in [-0.3, -0.25) is 4.79 Å². The van der Waals surface area contributed by atoms with Crippen LogP contribution in [-0.2, 0) is 0 Å². The average molecular weight is 205 g/mol. The Bertz CT molecular complexity index is 380. The van der Waals surface area contributed by atoms with E-state index in [1.54, 1.807) is 0 Å². The molecule has 1 N–H and O–H groups in total. The summed E-state index contributed by atoms with van der Waals surface area (Å²) in [6, 6.07) is 4.20. The Morgan fingerprint density at radius 1 is 1.07 bits per heavy atom. The highest BCUT2D eigenvalue weighted by Gasteiger charge is 2.10. The third kappa shape index (κ3) is 2.82. The van der Waals surface area contributed by atoms with Crippen LogP contribution in [0.4, 0.5) is 0 Å². The molecule has 0 fully saturated rings. The average Bonchev–Trinajstić information content (AvgIpc) is 2.09. The minimum atomic E-state index is 0.0191. The van der Waals surface area contributed by atoms with Crippen LogP contribution in [0.3, 0.4) is 0 Å². The lowest BCUT2D eigenvalue weighted by Crippen LogP contribution is -2.30. The summed E-state index contributed by atoms with van der Waals surface area (Å²) in [6.45, 7) is 10.00. The maximum Gasteiger partial charge on any atom is 0.251 e. The van der Waals surface area contributed by atoms with Crippen molar-refractivity contribution in [2.75, 3.05) is 0 Å². The highest BCUT2D eigenvalue weighted by molar-refractivity contribution is 5.96. The number of nitrogens with one attached hydrogen (secondary N) is 1. The molecule has 2 heteroatoms. The van der Waals surface area contributed by atoms with E-state index in [1.165, 1.54) is 5.56 Å². The second-order valence-electron chi connectivity index (χ2n) is 4.38. The van der Waals surface area contributed by atoms with Gasteiger partial charge < -0.3 is 5.32 Å². The zero-order valence-corrected chi connectivity index (χ0v) is 10.1. The molecule has 0 saturated heterocycles. The van der Waals surface area contributed by atoms with Gasteiger partial charge in [-0.25, -0.2) is 0 Å². The molecule has 0 unspecified atom stereocenters. The molecule has 0 bridgehead atoms. The Morgan fingerprint density at radius 3 is 2.13 bits per heavy atom. The predicted molar refractivity (Wildman–Crippen MR) is 63.3 cm³/mol. The Hall–Kier alpha value is -1.31. The molecular formula is C13H19NO. The van der Waals surface area contributed by atoms with Crippen LogP contribution in [0.5, 0.6) is 0 Å². The minimum absolute atomic E-state index is 0.0191. The molecule has 2 nitrogen and oxygen atoms in total. The van der Waals surface area contributed by atoms with E-state index in [4.69, 9.17) is 0 Å². The van der Waals surface area contributed by atoms with Crippen molar-refractivity contribution >= 4 is 5.91 Å². The van der Waals surface area contributed by atoms with Crippen LogP contribution in [0, 0.1) is 20.8 Å². The van der Waals surface area contributed by atoms with E-state index in [0.717, 1.165) is 16.7 Å². The van der Waals surface area contributed by atoms with Gasteiger partial charge >= 0.3 is 0 Å². The number of carbonyl (C=O) groups excluding carboxylic acids is 1. The molecule has 1 amide bonds. The maximum atomic E-state index is 11.8. The van der Waals surface area contributed by atoms with E-state index >= 15 is 0 Å². The molecule has 15 heavy (non-hydrogen) atoms. The van der Waals surface area contributed by atoms with E-state index in [9.17, 15) is 4.79 Å². The second kappa shape index (κ2) is 4.47. The molecule has 0 radical (unpaired) electrons. The molecule has 0 aliphatic rings. The number of benzene rings is 1. The smallest absolute Gasteiger partial charge is 0.251 e. The van der Waals surface area contributed by atoms with E-state index in [-0.39, 0.29) is 11.9 Å². The van der Waals surface area contributed by atoms with Crippen LogP contribution in [-0.4, -0.2) is 11.9 Å². The van der Waals surface area contributed by atoms with Gasteiger partial charge in [0.2, 0.25) is 0 Å². The zero-order valence-electron chi connectivity index (χ0n) is 10.1. The number of carbonyl (C=O) groups is 1. The van der Waals surface area contributed by atoms with Gasteiger partial charge in [-0.05, 0) is 57.4 Å². The molecule has 0 saturated carbocycles. The van der Waals surface area contributed by atoms with Gasteiger partial charge in [0, 0.05) is 11.6 Å². The molecule has 0 aliphatic carbocycles. The normalized spacial score (nSPS) is 10.5. The topological polar surface area (TPSA) is 29.1 Å². The third-order valence-corrected chi connectivity index (χ3v) is 2.51. The first kappa shape index (κ1) is 11.8. The van der Waals surface area contributed by atoms with Crippen molar-refractivity contribution in [3.05, 3.63) is 34.4 Å². The van der Waals surface area contributed by atoms with Gasteiger partial charge in [-0.15, -0.1) is 0 Å². The summed E-state index contributed by atoms with van der Waals surface area (Å²) in [7, 11) is 0. The van der Waals surface area contributed by atoms with E-state index in [2.05, 4.69) is 18.3 Å². The van der Waals surface area contributed by atoms with Gasteiger partial charge in [0.05, 0.1) is 0 Å². The number of hydrogen-bond donors (Lipinski definition) is 1. The monoisotopic (exact) mass is 205 g/mol. The van der Waals surface area contributed by atoms with Crippen LogP contribution in [0.1, 0.15) is 40.9 Å². The summed E-state index contributed by atoms with van der Waals surface area (Å²) in [4.78, 5) is 11.8. The fourth-order valence-corrected chi connectivity index (χ4v) is 1.55. The van der Waals surface area contributed by atoms with Crippen LogP contribution < -0.4 is 5.32 Å². The van der Waals surface area contributed by atoms with Crippen molar-refractivity contribution in [3.63, 3.8) is 0 Å². The van der Waals surface area contributed by atoms with Crippen LogP contribution in [0.15, 0.2) is 12.1 Å². The quantitative estimate of drug-likeness (QED) is 0.790. The van der Waals surface area contributed by atoms with Gasteiger partial charge in [0.15, 0.2) is 0 Å². The predicted octanol–water partition coefficient (Wildman–Crippen LogP) is 2.75. The Kier molecular flexibility index (Phi) is 3.51. The lowest BCUT2D eigenvalue weighted by Gasteiger charge is -2.12. The van der Waals surface area contributed by atoms with Gasteiger partial charge in [0.1, 0.15) is 0 Å². The fourth-order valence-electron chi connectivity index (χ4n) is 1.55. The summed E-state index contributed by atoms with van der Waals surface area (Å²) in [5.41, 5.74) is 4.21. The molecule has 1 rings (SSSR count). The summed E-state index contributed by atoms with van der Waals surface area (Å²) >= 11 is 0. The zero-order chi connectivity index (χ0) is 11.6. The lowest BCUT2D eigenvalue weighted by molar-refractivity contribution is 0.0942. The Labute approximate surface area is 91.7 Å². The maximum absolute atomic E-state index is 11.8. The van der Waals surface area contributed by atoms with Gasteiger partial charge in [-0.1, -0.05) is 6.07 Å². The van der Waals surface area contributed by atoms with Gasteiger partial charge in [-0.2, -0.15) is 0 Å². The first-order valence-corrected chi connectivity index (χ1v) is 5.30. The van der Waals surface area contributed by atoms with Crippen molar-refractivity contribution < 1.29 is 4.79 Å². The van der Waals surface area contributed by atoms with Crippen LogP contribution in [0.25, 0.3) is 0 Å². The molecule has 0 aliphatic heterocycles. The summed E-state index contributed by atoms with van der Waals surface area (Å²) in [5, 5.41) is 2.91. The van der Waals surface area contributed by atoms with E-state index < -0.39 is 0 Å². The Balaban J connectivity index is 3.04. The summed E-state index contributed by atoms with van der Waals surface area (Å²) in [5.74, 6) is 0.0191. The highest BCUT2D eigenvalue weighted by Crippen LogP contribution is 2.15. The molecule has 1 aromatic rings. The molecule has 0 spiro atoms. The first-order valence-electron chi connectivity index (χ1n) is 5.30. The fraction of sp³-hybridized carbons (Fsp3) is 0.462. The molecule has 1 aromatic carbocycles. The van der Waals surface area contributed by atoms with Gasteiger partial charge in [0.25, 0.3) is 5.91 Å². The Morgan fingerprint density at radius 2 is 1.60 bits per heavy atom.